The molecule has 0 N–H and O–H groups in total. The predicted molar refractivity (Wildman–Crippen MR) is 89.6 cm³/mol. The summed E-state index contributed by atoms with van der Waals surface area (Å²) in [4.78, 5) is 4.24. The van der Waals surface area contributed by atoms with Gasteiger partial charge in [-0.15, -0.1) is 5.10 Å². The average Bonchev–Trinajstić information content (AvgIpc) is 3.39. The van der Waals surface area contributed by atoms with Crippen molar-refractivity contribution in [3.8, 4) is 11.4 Å². The molecule has 7 nitrogen and oxygen atoms in total. The fourth-order valence-electron chi connectivity index (χ4n) is 3.02. The molecule has 0 saturated heterocycles. The highest BCUT2D eigenvalue weighted by Crippen LogP contribution is 2.33. The Kier molecular flexibility index (Phi) is 4.85. The SMILES string of the molecule is FC(F)(F)c1ccc(-c2noc(CSc3nnnn3C3CCCC3)n2)cc1. The van der Waals surface area contributed by atoms with Crippen molar-refractivity contribution in [1.82, 2.24) is 30.3 Å². The second-order valence-corrected chi connectivity index (χ2v) is 7.16. The van der Waals surface area contributed by atoms with E-state index in [1.54, 1.807) is 0 Å². The lowest BCUT2D eigenvalue weighted by molar-refractivity contribution is -0.137. The summed E-state index contributed by atoms with van der Waals surface area (Å²) in [6, 6.07) is 4.97. The van der Waals surface area contributed by atoms with Crippen LogP contribution in [-0.2, 0) is 11.9 Å². The van der Waals surface area contributed by atoms with Crippen molar-refractivity contribution in [2.45, 2.75) is 48.8 Å². The number of rotatable bonds is 5. The summed E-state index contributed by atoms with van der Waals surface area (Å²) in [6.07, 6.45) is 0.110. The van der Waals surface area contributed by atoms with Crippen molar-refractivity contribution in [2.75, 3.05) is 0 Å². The Morgan fingerprint density at radius 2 is 1.89 bits per heavy atom. The largest absolute Gasteiger partial charge is 0.416 e. The van der Waals surface area contributed by atoms with E-state index < -0.39 is 11.7 Å². The zero-order chi connectivity index (χ0) is 18.9. The number of aromatic nitrogens is 6. The van der Waals surface area contributed by atoms with Crippen LogP contribution in [0.2, 0.25) is 0 Å². The topological polar surface area (TPSA) is 82.5 Å². The molecule has 1 aliphatic rings. The molecule has 1 saturated carbocycles. The van der Waals surface area contributed by atoms with Gasteiger partial charge >= 0.3 is 6.18 Å². The van der Waals surface area contributed by atoms with E-state index in [2.05, 4.69) is 25.7 Å². The molecule has 142 valence electrons. The first-order valence-electron chi connectivity index (χ1n) is 8.41. The van der Waals surface area contributed by atoms with Gasteiger partial charge in [0.25, 0.3) is 0 Å². The molecule has 1 fully saturated rings. The number of hydrogen-bond donors (Lipinski definition) is 0. The molecule has 0 atom stereocenters. The van der Waals surface area contributed by atoms with Crippen molar-refractivity contribution < 1.29 is 17.7 Å². The molecule has 1 aliphatic carbocycles. The van der Waals surface area contributed by atoms with Crippen molar-refractivity contribution in [3.05, 3.63) is 35.7 Å². The lowest BCUT2D eigenvalue weighted by Gasteiger charge is -2.09. The summed E-state index contributed by atoms with van der Waals surface area (Å²) < 4.78 is 44.9. The van der Waals surface area contributed by atoms with Gasteiger partial charge in [0.05, 0.1) is 17.4 Å². The minimum atomic E-state index is -4.37. The minimum absolute atomic E-state index is 0.245. The van der Waals surface area contributed by atoms with Gasteiger partial charge in [-0.3, -0.25) is 0 Å². The molecule has 11 heteroatoms. The summed E-state index contributed by atoms with van der Waals surface area (Å²) >= 11 is 1.39. The second kappa shape index (κ2) is 7.29. The maximum Gasteiger partial charge on any atom is 0.416 e. The molecule has 27 heavy (non-hydrogen) atoms. The first-order valence-corrected chi connectivity index (χ1v) is 9.40. The van der Waals surface area contributed by atoms with Crippen LogP contribution in [0.4, 0.5) is 13.2 Å². The van der Waals surface area contributed by atoms with Crippen LogP contribution in [0.3, 0.4) is 0 Å². The van der Waals surface area contributed by atoms with Crippen LogP contribution in [0.5, 0.6) is 0 Å². The third-order valence-corrected chi connectivity index (χ3v) is 5.31. The van der Waals surface area contributed by atoms with E-state index in [1.165, 1.54) is 36.7 Å². The quantitative estimate of drug-likeness (QED) is 0.599. The Hall–Kier alpha value is -2.43. The standard InChI is InChI=1S/C16H15F3N6OS/c17-16(18,19)11-7-5-10(6-8-11)14-20-13(26-22-14)9-27-15-21-23-24-25(15)12-3-1-2-4-12/h5-8,12H,1-4,9H2. The molecule has 0 unspecified atom stereocenters. The minimum Gasteiger partial charge on any atom is -0.338 e. The van der Waals surface area contributed by atoms with E-state index in [-0.39, 0.29) is 5.82 Å². The number of hydrogen-bond acceptors (Lipinski definition) is 7. The van der Waals surface area contributed by atoms with Gasteiger partial charge in [0, 0.05) is 5.56 Å². The van der Waals surface area contributed by atoms with E-state index in [9.17, 15) is 13.2 Å². The van der Waals surface area contributed by atoms with E-state index in [0.717, 1.165) is 25.0 Å². The van der Waals surface area contributed by atoms with Gasteiger partial charge in [0.1, 0.15) is 0 Å². The number of tetrazole rings is 1. The predicted octanol–water partition coefficient (Wildman–Crippen LogP) is 4.15. The summed E-state index contributed by atoms with van der Waals surface area (Å²) in [7, 11) is 0. The number of thioether (sulfide) groups is 1. The van der Waals surface area contributed by atoms with Gasteiger partial charge in [-0.05, 0) is 35.4 Å². The number of nitrogens with zero attached hydrogens (tertiary/aromatic N) is 6. The first kappa shape index (κ1) is 18.0. The van der Waals surface area contributed by atoms with E-state index >= 15 is 0 Å². The number of alkyl halides is 3. The van der Waals surface area contributed by atoms with Crippen molar-refractivity contribution in [3.63, 3.8) is 0 Å². The summed E-state index contributed by atoms with van der Waals surface area (Å²) in [5.74, 6) is 0.978. The summed E-state index contributed by atoms with van der Waals surface area (Å²) in [5, 5.41) is 16.4. The molecule has 0 spiro atoms. The van der Waals surface area contributed by atoms with E-state index in [0.29, 0.717) is 28.4 Å². The van der Waals surface area contributed by atoms with Crippen LogP contribution in [0, 0.1) is 0 Å². The Balaban J connectivity index is 1.42. The van der Waals surface area contributed by atoms with E-state index in [1.807, 2.05) is 4.68 Å². The monoisotopic (exact) mass is 396 g/mol. The van der Waals surface area contributed by atoms with Crippen LogP contribution >= 0.6 is 11.8 Å². The van der Waals surface area contributed by atoms with Gasteiger partial charge in [-0.25, -0.2) is 4.68 Å². The van der Waals surface area contributed by atoms with Gasteiger partial charge in [0.15, 0.2) is 0 Å². The van der Waals surface area contributed by atoms with E-state index in [4.69, 9.17) is 4.52 Å². The molecule has 1 aromatic carbocycles. The molecular formula is C16H15F3N6OS. The maximum atomic E-state index is 12.6. The van der Waals surface area contributed by atoms with Gasteiger partial charge < -0.3 is 4.52 Å². The van der Waals surface area contributed by atoms with Crippen molar-refractivity contribution in [1.29, 1.82) is 0 Å². The highest BCUT2D eigenvalue weighted by Gasteiger charge is 2.30. The third-order valence-electron chi connectivity index (χ3n) is 4.40. The lowest BCUT2D eigenvalue weighted by Crippen LogP contribution is -2.08. The van der Waals surface area contributed by atoms with Crippen LogP contribution in [0.1, 0.15) is 43.2 Å². The number of halogens is 3. The summed E-state index contributed by atoms with van der Waals surface area (Å²) in [6.45, 7) is 0. The third kappa shape index (κ3) is 3.97. The van der Waals surface area contributed by atoms with Crippen molar-refractivity contribution in [2.24, 2.45) is 0 Å². The normalized spacial score (nSPS) is 15.5. The Labute approximate surface area is 156 Å². The maximum absolute atomic E-state index is 12.6. The first-order chi connectivity index (χ1) is 13.0. The van der Waals surface area contributed by atoms with Crippen LogP contribution in [-0.4, -0.2) is 30.3 Å². The van der Waals surface area contributed by atoms with Crippen molar-refractivity contribution >= 4 is 11.8 Å². The highest BCUT2D eigenvalue weighted by molar-refractivity contribution is 7.98. The molecule has 2 heterocycles. The zero-order valence-electron chi connectivity index (χ0n) is 14.1. The van der Waals surface area contributed by atoms with Gasteiger partial charge in [-0.1, -0.05) is 41.9 Å². The highest BCUT2D eigenvalue weighted by atomic mass is 32.2. The smallest absolute Gasteiger partial charge is 0.338 e. The Morgan fingerprint density at radius 3 is 2.59 bits per heavy atom. The van der Waals surface area contributed by atoms with Crippen LogP contribution in [0.25, 0.3) is 11.4 Å². The summed E-state index contributed by atoms with van der Waals surface area (Å²) in [5.41, 5.74) is -0.261. The molecule has 3 aromatic rings. The molecule has 0 amide bonds. The Bertz CT molecular complexity index is 902. The van der Waals surface area contributed by atoms with Gasteiger partial charge in [-0.2, -0.15) is 18.2 Å². The fourth-order valence-corrected chi connectivity index (χ4v) is 3.81. The van der Waals surface area contributed by atoms with Crippen LogP contribution in [0.15, 0.2) is 33.9 Å². The molecule has 0 radical (unpaired) electrons. The molecule has 0 aliphatic heterocycles. The molecule has 4 rings (SSSR count). The number of benzene rings is 1. The zero-order valence-corrected chi connectivity index (χ0v) is 14.9. The fraction of sp³-hybridized carbons (Fsp3) is 0.438. The molecule has 0 bridgehead atoms. The molecule has 2 aromatic heterocycles. The average molecular weight is 396 g/mol. The molecular weight excluding hydrogens is 381 g/mol. The lowest BCUT2D eigenvalue weighted by atomic mass is 10.1. The van der Waals surface area contributed by atoms with Gasteiger partial charge in [0.2, 0.25) is 16.9 Å². The second-order valence-electron chi connectivity index (χ2n) is 6.22. The van der Waals surface area contributed by atoms with Crippen LogP contribution < -0.4 is 0 Å². The Morgan fingerprint density at radius 1 is 1.15 bits per heavy atom.